The molecule has 258 valence electrons. The van der Waals surface area contributed by atoms with Crippen molar-refractivity contribution in [3.8, 4) is 28.2 Å². The Morgan fingerprint density at radius 3 is 1.60 bits per heavy atom. The van der Waals surface area contributed by atoms with Crippen LogP contribution in [0.2, 0.25) is 0 Å². The van der Waals surface area contributed by atoms with Crippen LogP contribution < -0.4 is 0 Å². The van der Waals surface area contributed by atoms with E-state index >= 15 is 0 Å². The van der Waals surface area contributed by atoms with Gasteiger partial charge in [0, 0.05) is 18.0 Å². The maximum absolute atomic E-state index is 5.13. The van der Waals surface area contributed by atoms with Crippen LogP contribution >= 0.6 is 0 Å². The van der Waals surface area contributed by atoms with E-state index < -0.39 is 5.41 Å². The van der Waals surface area contributed by atoms with E-state index in [9.17, 15) is 0 Å². The molecule has 1 aliphatic carbocycles. The Labute approximate surface area is 302 Å². The Balaban J connectivity index is 0.00000117. The second kappa shape index (κ2) is 15.1. The third-order valence-corrected chi connectivity index (χ3v) is 9.87. The third-order valence-electron chi connectivity index (χ3n) is 9.87. The fourth-order valence-corrected chi connectivity index (χ4v) is 7.77. The molecular weight excluding hydrogens is 605 g/mol. The van der Waals surface area contributed by atoms with Crippen molar-refractivity contribution in [3.63, 3.8) is 0 Å². The third kappa shape index (κ3) is 6.15. The number of hydrogen-bond donors (Lipinski definition) is 0. The van der Waals surface area contributed by atoms with Crippen LogP contribution in [0.1, 0.15) is 127 Å². The molecule has 0 unspecified atom stereocenters. The van der Waals surface area contributed by atoms with Crippen molar-refractivity contribution in [1.29, 1.82) is 0 Å². The molecule has 0 aliphatic heterocycles. The van der Waals surface area contributed by atoms with Crippen LogP contribution in [0.4, 0.5) is 0 Å². The quantitative estimate of drug-likeness (QED) is 0.174. The van der Waals surface area contributed by atoms with Crippen LogP contribution in [-0.2, 0) is 10.8 Å². The Hall–Kier alpha value is -4.69. The molecule has 0 bridgehead atoms. The van der Waals surface area contributed by atoms with Gasteiger partial charge in [-0.3, -0.25) is 4.57 Å². The summed E-state index contributed by atoms with van der Waals surface area (Å²) in [6.45, 7) is 24.2. The fraction of sp³-hybridized carbons (Fsp3) is 0.312. The lowest BCUT2D eigenvalue weighted by Crippen LogP contribution is -2.29. The minimum absolute atomic E-state index is 0.131. The molecule has 5 aromatic carbocycles. The molecule has 0 fully saturated rings. The molecule has 0 amide bonds. The maximum atomic E-state index is 5.13. The van der Waals surface area contributed by atoms with E-state index in [0.717, 1.165) is 5.82 Å². The lowest BCUT2D eigenvalue weighted by Gasteiger charge is -2.35. The first kappa shape index (κ1) is 36.6. The van der Waals surface area contributed by atoms with Crippen molar-refractivity contribution in [2.75, 3.05) is 0 Å². The summed E-state index contributed by atoms with van der Waals surface area (Å²) < 4.78 is 2.37. The Bertz CT molecular complexity index is 1960. The number of rotatable bonds is 6. The van der Waals surface area contributed by atoms with Gasteiger partial charge >= 0.3 is 0 Å². The monoisotopic (exact) mass is 660 g/mol. The van der Waals surface area contributed by atoms with Crippen LogP contribution in [0.25, 0.3) is 28.2 Å². The van der Waals surface area contributed by atoms with Crippen molar-refractivity contribution in [1.82, 2.24) is 9.55 Å². The number of para-hydroxylation sites is 1. The highest BCUT2D eigenvalue weighted by atomic mass is 15.1. The van der Waals surface area contributed by atoms with Gasteiger partial charge in [0.2, 0.25) is 0 Å². The highest BCUT2D eigenvalue weighted by Gasteiger charge is 2.47. The zero-order valence-electron chi connectivity index (χ0n) is 32.2. The number of benzene rings is 5. The first-order valence-electron chi connectivity index (χ1n) is 18.7. The maximum Gasteiger partial charge on any atom is 0.144 e. The average molecular weight is 661 g/mol. The first-order chi connectivity index (χ1) is 24.1. The number of nitrogens with zero attached hydrogens (tertiary/aromatic N) is 2. The molecule has 1 heterocycles. The smallest absolute Gasteiger partial charge is 0.144 e. The van der Waals surface area contributed by atoms with Crippen LogP contribution in [0, 0.1) is 0 Å². The second-order valence-electron chi connectivity index (χ2n) is 14.4. The highest BCUT2D eigenvalue weighted by Crippen LogP contribution is 2.57. The van der Waals surface area contributed by atoms with E-state index in [1.54, 1.807) is 0 Å². The summed E-state index contributed by atoms with van der Waals surface area (Å²) in [7, 11) is 0. The van der Waals surface area contributed by atoms with Gasteiger partial charge in [0.25, 0.3) is 0 Å². The van der Waals surface area contributed by atoms with Gasteiger partial charge in [0.05, 0.1) is 11.1 Å². The normalized spacial score (nSPS) is 12.8. The molecule has 2 heteroatoms. The van der Waals surface area contributed by atoms with Gasteiger partial charge in [0.15, 0.2) is 0 Å². The van der Waals surface area contributed by atoms with Crippen LogP contribution in [0.5, 0.6) is 0 Å². The molecule has 0 spiro atoms. The predicted octanol–water partition coefficient (Wildman–Crippen LogP) is 13.5. The summed E-state index contributed by atoms with van der Waals surface area (Å²) in [6, 6.07) is 42.9. The predicted molar refractivity (Wildman–Crippen MR) is 216 cm³/mol. The second-order valence-corrected chi connectivity index (χ2v) is 14.4. The van der Waals surface area contributed by atoms with Crippen molar-refractivity contribution in [3.05, 3.63) is 167 Å². The van der Waals surface area contributed by atoms with E-state index in [-0.39, 0.29) is 5.41 Å². The summed E-state index contributed by atoms with van der Waals surface area (Å²) >= 11 is 0. The van der Waals surface area contributed by atoms with Crippen molar-refractivity contribution >= 4 is 0 Å². The van der Waals surface area contributed by atoms with E-state index in [1.807, 2.05) is 33.9 Å². The lowest BCUT2D eigenvalue weighted by molar-refractivity contribution is 0.589. The topological polar surface area (TPSA) is 17.8 Å². The molecule has 1 aromatic heterocycles. The van der Waals surface area contributed by atoms with E-state index in [0.29, 0.717) is 11.8 Å². The lowest BCUT2D eigenvalue weighted by atomic mass is 9.66. The van der Waals surface area contributed by atoms with E-state index in [2.05, 4.69) is 174 Å². The molecule has 0 saturated heterocycles. The Kier molecular flexibility index (Phi) is 11.0. The Morgan fingerprint density at radius 1 is 0.560 bits per heavy atom. The summed E-state index contributed by atoms with van der Waals surface area (Å²) in [5.74, 6) is 1.77. The minimum Gasteiger partial charge on any atom is -0.299 e. The Morgan fingerprint density at radius 2 is 1.08 bits per heavy atom. The van der Waals surface area contributed by atoms with Crippen LogP contribution in [-0.4, -0.2) is 9.55 Å². The van der Waals surface area contributed by atoms with Gasteiger partial charge in [-0.1, -0.05) is 185 Å². The van der Waals surface area contributed by atoms with Gasteiger partial charge in [-0.15, -0.1) is 0 Å². The average Bonchev–Trinajstić information content (AvgIpc) is 3.74. The molecule has 7 rings (SSSR count). The number of aromatic nitrogens is 2. The highest BCUT2D eigenvalue weighted by molar-refractivity contribution is 5.89. The number of imidazole rings is 1. The molecule has 0 radical (unpaired) electrons. The number of fused-ring (bicyclic) bond motifs is 3. The largest absolute Gasteiger partial charge is 0.299 e. The molecule has 50 heavy (non-hydrogen) atoms. The van der Waals surface area contributed by atoms with Gasteiger partial charge in [-0.25, -0.2) is 4.98 Å². The minimum atomic E-state index is -0.433. The standard InChI is InChI=1S/C44H44N2.2C2H6/c1-29(2)33-22-16-23-34(30(3)4)41(33)46-26-25-45-42(46)37-27-36-35-21-14-15-24-38(35)44(31-17-10-8-11-18-31,32-19-12-9-13-20-32)40(36)28-39(37)43(5,6)7;2*1-2/h8-30H,1-7H3;2*1-2H3. The van der Waals surface area contributed by atoms with Crippen molar-refractivity contribution in [2.24, 2.45) is 0 Å². The van der Waals surface area contributed by atoms with Gasteiger partial charge in [-0.2, -0.15) is 0 Å². The van der Waals surface area contributed by atoms with E-state index in [1.165, 1.54) is 61.3 Å². The molecule has 0 N–H and O–H groups in total. The van der Waals surface area contributed by atoms with Crippen LogP contribution in [0.15, 0.2) is 128 Å². The SMILES string of the molecule is CC.CC.CC(C)c1cccc(C(C)C)c1-n1ccnc1-c1cc2c(cc1C(C)(C)C)C(c1ccccc1)(c1ccccc1)c1ccccc1-2. The first-order valence-corrected chi connectivity index (χ1v) is 18.7. The molecule has 2 nitrogen and oxygen atoms in total. The fourth-order valence-electron chi connectivity index (χ4n) is 7.77. The molecule has 0 saturated carbocycles. The van der Waals surface area contributed by atoms with E-state index in [4.69, 9.17) is 4.98 Å². The zero-order valence-corrected chi connectivity index (χ0v) is 32.2. The van der Waals surface area contributed by atoms with Crippen molar-refractivity contribution < 1.29 is 0 Å². The summed E-state index contributed by atoms with van der Waals surface area (Å²) in [5.41, 5.74) is 13.7. The van der Waals surface area contributed by atoms with Gasteiger partial charge in [0.1, 0.15) is 5.82 Å². The summed E-state index contributed by atoms with van der Waals surface area (Å²) in [5, 5.41) is 0. The van der Waals surface area contributed by atoms with Gasteiger partial charge < -0.3 is 0 Å². The zero-order chi connectivity index (χ0) is 36.2. The molecule has 0 atom stereocenters. The van der Waals surface area contributed by atoms with Crippen molar-refractivity contribution in [2.45, 2.75) is 98.8 Å². The van der Waals surface area contributed by atoms with Gasteiger partial charge in [-0.05, 0) is 73.4 Å². The summed E-state index contributed by atoms with van der Waals surface area (Å²) in [6.07, 6.45) is 4.14. The molecule has 1 aliphatic rings. The summed E-state index contributed by atoms with van der Waals surface area (Å²) in [4.78, 5) is 5.13. The van der Waals surface area contributed by atoms with Crippen LogP contribution in [0.3, 0.4) is 0 Å². The molecular formula is C48H56N2. The molecule has 6 aromatic rings. The number of hydrogen-bond acceptors (Lipinski definition) is 1.